The van der Waals surface area contributed by atoms with Gasteiger partial charge in [-0.2, -0.15) is 0 Å². The van der Waals surface area contributed by atoms with Crippen molar-refractivity contribution in [2.24, 2.45) is 0 Å². The van der Waals surface area contributed by atoms with E-state index in [1.54, 1.807) is 0 Å². The van der Waals surface area contributed by atoms with Gasteiger partial charge < -0.3 is 9.88 Å². The van der Waals surface area contributed by atoms with E-state index in [2.05, 4.69) is 40.4 Å². The number of hydrogen-bond donors (Lipinski definition) is 1. The number of carbonyl (C=O) groups excluding carboxylic acids is 1. The number of nitrogens with zero attached hydrogens (tertiary/aromatic N) is 2. The number of piperidine rings is 1. The first-order valence-electron chi connectivity index (χ1n) is 9.66. The molecule has 4 nitrogen and oxygen atoms in total. The Balaban J connectivity index is 1.28. The van der Waals surface area contributed by atoms with E-state index in [1.807, 2.05) is 40.6 Å². The monoisotopic (exact) mass is 387 g/mol. The zero-order chi connectivity index (χ0) is 18.9. The first kappa shape index (κ1) is 17.2. The highest BCUT2D eigenvalue weighted by Gasteiger charge is 2.27. The largest absolute Gasteiger partial charge is 0.361 e. The maximum Gasteiger partial charge on any atom is 0.273 e. The quantitative estimate of drug-likeness (QED) is 0.518. The summed E-state index contributed by atoms with van der Waals surface area (Å²) in [6.45, 7) is 1.56. The molecule has 5 rings (SSSR count). The minimum absolute atomic E-state index is 0.0517. The van der Waals surface area contributed by atoms with Crippen LogP contribution in [0.4, 0.5) is 0 Å². The topological polar surface area (TPSA) is 49.0 Å². The summed E-state index contributed by atoms with van der Waals surface area (Å²) in [4.78, 5) is 22.8. The predicted octanol–water partition coefficient (Wildman–Crippen LogP) is 5.31. The second-order valence-electron chi connectivity index (χ2n) is 7.26. The van der Waals surface area contributed by atoms with E-state index in [1.165, 1.54) is 27.8 Å². The van der Waals surface area contributed by atoms with Crippen molar-refractivity contribution in [3.8, 4) is 10.6 Å². The molecule has 5 heteroatoms. The van der Waals surface area contributed by atoms with Crippen LogP contribution in [0.15, 0.2) is 66.2 Å². The molecule has 1 fully saturated rings. The number of fused-ring (bicyclic) bond motifs is 1. The van der Waals surface area contributed by atoms with E-state index >= 15 is 0 Å². The Morgan fingerprint density at radius 2 is 1.79 bits per heavy atom. The highest BCUT2D eigenvalue weighted by molar-refractivity contribution is 7.13. The molecular formula is C23H21N3OS. The lowest BCUT2D eigenvalue weighted by atomic mass is 9.89. The van der Waals surface area contributed by atoms with E-state index < -0.39 is 0 Å². The van der Waals surface area contributed by atoms with Crippen LogP contribution in [0.1, 0.15) is 34.8 Å². The van der Waals surface area contributed by atoms with Gasteiger partial charge >= 0.3 is 0 Å². The Hall–Kier alpha value is -2.92. The summed E-state index contributed by atoms with van der Waals surface area (Å²) in [5.41, 5.74) is 4.19. The fourth-order valence-electron chi connectivity index (χ4n) is 4.07. The Kier molecular flexibility index (Phi) is 4.45. The van der Waals surface area contributed by atoms with Gasteiger partial charge in [0, 0.05) is 41.1 Å². The van der Waals surface area contributed by atoms with Crippen LogP contribution in [0.2, 0.25) is 0 Å². The Morgan fingerprint density at radius 1 is 1.04 bits per heavy atom. The average Bonchev–Trinajstić information content (AvgIpc) is 3.42. The van der Waals surface area contributed by atoms with Gasteiger partial charge in [0.25, 0.3) is 5.91 Å². The lowest BCUT2D eigenvalue weighted by molar-refractivity contribution is 0.0708. The number of likely N-dealkylation sites (tertiary alicyclic amines) is 1. The van der Waals surface area contributed by atoms with Gasteiger partial charge in [0.05, 0.1) is 0 Å². The standard InChI is InChI=1S/C23H21N3OS/c27-23(21-15-28-22(25-21)17-6-2-1-3-7-17)26-12-10-16(11-13-26)19-14-24-20-9-5-4-8-18(19)20/h1-9,14-16,24H,10-13H2. The van der Waals surface area contributed by atoms with Crippen LogP contribution in [0.25, 0.3) is 21.5 Å². The van der Waals surface area contributed by atoms with Crippen molar-refractivity contribution >= 4 is 28.1 Å². The minimum atomic E-state index is 0.0517. The first-order chi connectivity index (χ1) is 13.8. The molecule has 0 saturated carbocycles. The van der Waals surface area contributed by atoms with Crippen molar-refractivity contribution in [1.29, 1.82) is 0 Å². The number of carbonyl (C=O) groups is 1. The van der Waals surface area contributed by atoms with Gasteiger partial charge in [0.2, 0.25) is 0 Å². The zero-order valence-electron chi connectivity index (χ0n) is 15.5. The summed E-state index contributed by atoms with van der Waals surface area (Å²) in [5.74, 6) is 0.548. The summed E-state index contributed by atoms with van der Waals surface area (Å²) in [5, 5.41) is 4.09. The summed E-state index contributed by atoms with van der Waals surface area (Å²) in [6, 6.07) is 18.5. The number of aromatic nitrogens is 2. The number of nitrogens with one attached hydrogen (secondary N) is 1. The van der Waals surface area contributed by atoms with Crippen molar-refractivity contribution < 1.29 is 4.79 Å². The van der Waals surface area contributed by atoms with Gasteiger partial charge in [-0.15, -0.1) is 11.3 Å². The van der Waals surface area contributed by atoms with Crippen LogP contribution in [0.5, 0.6) is 0 Å². The molecule has 0 spiro atoms. The maximum absolute atomic E-state index is 12.9. The van der Waals surface area contributed by atoms with Gasteiger partial charge in [0.15, 0.2) is 0 Å². The molecular weight excluding hydrogens is 366 g/mol. The highest BCUT2D eigenvalue weighted by atomic mass is 32.1. The first-order valence-corrected chi connectivity index (χ1v) is 10.5. The van der Waals surface area contributed by atoms with Gasteiger partial charge in [-0.05, 0) is 30.4 Å². The van der Waals surface area contributed by atoms with Crippen LogP contribution in [0.3, 0.4) is 0 Å². The zero-order valence-corrected chi connectivity index (χ0v) is 16.3. The normalized spacial score (nSPS) is 15.2. The van der Waals surface area contributed by atoms with E-state index in [0.717, 1.165) is 36.5 Å². The van der Waals surface area contributed by atoms with E-state index in [-0.39, 0.29) is 5.91 Å². The third kappa shape index (κ3) is 3.12. The molecule has 1 amide bonds. The fourth-order valence-corrected chi connectivity index (χ4v) is 4.87. The Bertz CT molecular complexity index is 1110. The van der Waals surface area contributed by atoms with Crippen LogP contribution >= 0.6 is 11.3 Å². The lowest BCUT2D eigenvalue weighted by Crippen LogP contribution is -2.38. The number of hydrogen-bond acceptors (Lipinski definition) is 3. The maximum atomic E-state index is 12.9. The molecule has 0 unspecified atom stereocenters. The molecule has 28 heavy (non-hydrogen) atoms. The van der Waals surface area contributed by atoms with Gasteiger partial charge in [-0.1, -0.05) is 48.5 Å². The van der Waals surface area contributed by atoms with Gasteiger partial charge in [-0.25, -0.2) is 4.98 Å². The third-order valence-electron chi connectivity index (χ3n) is 5.59. The van der Waals surface area contributed by atoms with Gasteiger partial charge in [0.1, 0.15) is 10.7 Å². The molecule has 4 aromatic rings. The molecule has 1 aliphatic rings. The van der Waals surface area contributed by atoms with E-state index in [9.17, 15) is 4.79 Å². The van der Waals surface area contributed by atoms with E-state index in [4.69, 9.17) is 0 Å². The number of rotatable bonds is 3. The fraction of sp³-hybridized carbons (Fsp3) is 0.217. The highest BCUT2D eigenvalue weighted by Crippen LogP contribution is 2.33. The second kappa shape index (κ2) is 7.24. The van der Waals surface area contributed by atoms with Crippen LogP contribution < -0.4 is 0 Å². The average molecular weight is 388 g/mol. The molecule has 1 N–H and O–H groups in total. The van der Waals surface area contributed by atoms with Crippen LogP contribution in [0, 0.1) is 0 Å². The number of amides is 1. The molecule has 1 saturated heterocycles. The lowest BCUT2D eigenvalue weighted by Gasteiger charge is -2.31. The number of benzene rings is 2. The van der Waals surface area contributed by atoms with Crippen LogP contribution in [-0.4, -0.2) is 33.9 Å². The molecule has 2 aromatic carbocycles. The molecule has 0 bridgehead atoms. The minimum Gasteiger partial charge on any atom is -0.361 e. The predicted molar refractivity (Wildman–Crippen MR) is 114 cm³/mol. The smallest absolute Gasteiger partial charge is 0.273 e. The van der Waals surface area contributed by atoms with Crippen molar-refractivity contribution in [1.82, 2.24) is 14.9 Å². The number of thiazole rings is 1. The SMILES string of the molecule is O=C(c1csc(-c2ccccc2)n1)N1CCC(c2c[nH]c3ccccc23)CC1. The number of H-pyrrole nitrogens is 1. The summed E-state index contributed by atoms with van der Waals surface area (Å²) in [7, 11) is 0. The molecule has 0 atom stereocenters. The molecule has 1 aliphatic heterocycles. The second-order valence-corrected chi connectivity index (χ2v) is 8.12. The summed E-state index contributed by atoms with van der Waals surface area (Å²) in [6.07, 6.45) is 4.12. The third-order valence-corrected chi connectivity index (χ3v) is 6.48. The number of para-hydroxylation sites is 1. The van der Waals surface area contributed by atoms with Crippen molar-refractivity contribution in [2.45, 2.75) is 18.8 Å². The summed E-state index contributed by atoms with van der Waals surface area (Å²) < 4.78 is 0. The molecule has 3 heterocycles. The van der Waals surface area contributed by atoms with Crippen molar-refractivity contribution in [3.63, 3.8) is 0 Å². The van der Waals surface area contributed by atoms with Crippen molar-refractivity contribution in [3.05, 3.63) is 77.4 Å². The molecule has 0 aliphatic carbocycles. The number of aromatic amines is 1. The molecule has 0 radical (unpaired) electrons. The van der Waals surface area contributed by atoms with Gasteiger partial charge in [-0.3, -0.25) is 4.79 Å². The Morgan fingerprint density at radius 3 is 2.61 bits per heavy atom. The van der Waals surface area contributed by atoms with Crippen molar-refractivity contribution in [2.75, 3.05) is 13.1 Å². The van der Waals surface area contributed by atoms with Crippen LogP contribution in [-0.2, 0) is 0 Å². The molecule has 140 valence electrons. The summed E-state index contributed by atoms with van der Waals surface area (Å²) >= 11 is 1.53. The molecule has 2 aromatic heterocycles. The Labute approximate surface area is 167 Å². The van der Waals surface area contributed by atoms with E-state index in [0.29, 0.717) is 11.6 Å².